The average molecular weight is 356 g/mol. The Kier molecular flexibility index (Phi) is 5.65. The zero-order chi connectivity index (χ0) is 15.4. The molecule has 0 saturated carbocycles. The monoisotopic (exact) mass is 355 g/mol. The van der Waals surface area contributed by atoms with Gasteiger partial charge in [0.25, 0.3) is 0 Å². The summed E-state index contributed by atoms with van der Waals surface area (Å²) in [4.78, 5) is 10.7. The molecule has 1 aromatic carbocycles. The number of methoxy groups -OCH3 is 1. The standard InChI is InChI=1S/C16H22BrNO3/c1-21-16-12(13(18)7-8-14(19)20)9-10-5-3-2-4-6-11(10)15(16)17/h9,13H,2-8,18H2,1H3,(H,19,20). The molecule has 0 aliphatic heterocycles. The SMILES string of the molecule is COc1c(C(N)CCC(=O)O)cc2c(c1Br)CCCCC2. The number of nitrogens with two attached hydrogens (primary N) is 1. The van der Waals surface area contributed by atoms with E-state index < -0.39 is 5.97 Å². The lowest BCUT2D eigenvalue weighted by molar-refractivity contribution is -0.137. The minimum Gasteiger partial charge on any atom is -0.495 e. The Bertz CT molecular complexity index is 531. The zero-order valence-electron chi connectivity index (χ0n) is 12.3. The van der Waals surface area contributed by atoms with Crippen LogP contribution in [-0.2, 0) is 17.6 Å². The van der Waals surface area contributed by atoms with E-state index in [0.717, 1.165) is 28.6 Å². The second kappa shape index (κ2) is 7.27. The predicted molar refractivity (Wildman–Crippen MR) is 85.8 cm³/mol. The number of hydrogen-bond donors (Lipinski definition) is 2. The average Bonchev–Trinajstić information content (AvgIpc) is 2.70. The van der Waals surface area contributed by atoms with Crippen molar-refractivity contribution >= 4 is 21.9 Å². The summed E-state index contributed by atoms with van der Waals surface area (Å²) in [6.45, 7) is 0. The van der Waals surface area contributed by atoms with Gasteiger partial charge in [0.15, 0.2) is 0 Å². The first-order chi connectivity index (χ1) is 10.0. The third-order valence-electron chi connectivity index (χ3n) is 4.09. The van der Waals surface area contributed by atoms with Gasteiger partial charge in [0.05, 0.1) is 11.6 Å². The number of carboxylic acid groups (broad SMARTS) is 1. The molecule has 0 heterocycles. The van der Waals surface area contributed by atoms with E-state index in [2.05, 4.69) is 22.0 Å². The van der Waals surface area contributed by atoms with Gasteiger partial charge in [0, 0.05) is 18.0 Å². The Morgan fingerprint density at radius 2 is 2.14 bits per heavy atom. The van der Waals surface area contributed by atoms with Gasteiger partial charge in [-0.25, -0.2) is 0 Å². The molecule has 5 heteroatoms. The highest BCUT2D eigenvalue weighted by molar-refractivity contribution is 9.10. The maximum Gasteiger partial charge on any atom is 0.303 e. The number of rotatable bonds is 5. The van der Waals surface area contributed by atoms with Gasteiger partial charge in [0.2, 0.25) is 0 Å². The number of carboxylic acids is 1. The van der Waals surface area contributed by atoms with Crippen molar-refractivity contribution in [3.63, 3.8) is 0 Å². The molecule has 0 radical (unpaired) electrons. The van der Waals surface area contributed by atoms with Gasteiger partial charge < -0.3 is 15.6 Å². The molecule has 1 aromatic rings. The van der Waals surface area contributed by atoms with Crippen molar-refractivity contribution in [2.24, 2.45) is 5.73 Å². The molecular formula is C16H22BrNO3. The molecule has 1 atom stereocenters. The third-order valence-corrected chi connectivity index (χ3v) is 4.93. The fourth-order valence-corrected chi connectivity index (χ4v) is 3.79. The Hall–Kier alpha value is -1.07. The molecule has 0 aromatic heterocycles. The van der Waals surface area contributed by atoms with Crippen LogP contribution in [0, 0.1) is 0 Å². The smallest absolute Gasteiger partial charge is 0.303 e. The fraction of sp³-hybridized carbons (Fsp3) is 0.562. The summed E-state index contributed by atoms with van der Waals surface area (Å²) < 4.78 is 6.53. The zero-order valence-corrected chi connectivity index (χ0v) is 13.9. The van der Waals surface area contributed by atoms with Crippen LogP contribution in [0.5, 0.6) is 5.75 Å². The molecule has 0 saturated heterocycles. The summed E-state index contributed by atoms with van der Waals surface area (Å²) >= 11 is 3.66. The first-order valence-corrected chi connectivity index (χ1v) is 8.19. The molecule has 4 nitrogen and oxygen atoms in total. The first kappa shape index (κ1) is 16.3. The van der Waals surface area contributed by atoms with Crippen molar-refractivity contribution in [3.8, 4) is 5.75 Å². The predicted octanol–water partition coefficient (Wildman–Crippen LogP) is 3.59. The van der Waals surface area contributed by atoms with Gasteiger partial charge >= 0.3 is 5.97 Å². The quantitative estimate of drug-likeness (QED) is 0.791. The van der Waals surface area contributed by atoms with Gasteiger partial charge in [-0.2, -0.15) is 0 Å². The Morgan fingerprint density at radius 1 is 1.43 bits per heavy atom. The van der Waals surface area contributed by atoms with Crippen LogP contribution < -0.4 is 10.5 Å². The lowest BCUT2D eigenvalue weighted by atomic mass is 9.94. The van der Waals surface area contributed by atoms with Crippen molar-refractivity contribution in [1.29, 1.82) is 0 Å². The Labute approximate surface area is 133 Å². The molecule has 0 spiro atoms. The van der Waals surface area contributed by atoms with Gasteiger partial charge in [-0.3, -0.25) is 4.79 Å². The summed E-state index contributed by atoms with van der Waals surface area (Å²) in [5.74, 6) is -0.0632. The number of fused-ring (bicyclic) bond motifs is 1. The lowest BCUT2D eigenvalue weighted by Gasteiger charge is -2.21. The van der Waals surface area contributed by atoms with Crippen LogP contribution in [0.2, 0.25) is 0 Å². The molecule has 0 amide bonds. The second-order valence-electron chi connectivity index (χ2n) is 5.55. The van der Waals surface area contributed by atoms with Crippen LogP contribution in [0.25, 0.3) is 0 Å². The van der Waals surface area contributed by atoms with Crippen LogP contribution in [0.4, 0.5) is 0 Å². The number of ether oxygens (including phenoxy) is 1. The number of halogens is 1. The van der Waals surface area contributed by atoms with Crippen LogP contribution in [-0.4, -0.2) is 18.2 Å². The number of benzene rings is 1. The minimum atomic E-state index is -0.821. The summed E-state index contributed by atoms with van der Waals surface area (Å²) in [5, 5.41) is 8.82. The van der Waals surface area contributed by atoms with Crippen LogP contribution in [0.3, 0.4) is 0 Å². The van der Waals surface area contributed by atoms with Crippen LogP contribution >= 0.6 is 15.9 Å². The first-order valence-electron chi connectivity index (χ1n) is 7.40. The summed E-state index contributed by atoms with van der Waals surface area (Å²) in [6.07, 6.45) is 6.21. The minimum absolute atomic E-state index is 0.0685. The van der Waals surface area contributed by atoms with Gasteiger partial charge in [-0.15, -0.1) is 0 Å². The van der Waals surface area contributed by atoms with Crippen LogP contribution in [0.15, 0.2) is 10.5 Å². The lowest BCUT2D eigenvalue weighted by Crippen LogP contribution is -2.15. The van der Waals surface area contributed by atoms with E-state index in [9.17, 15) is 4.79 Å². The molecule has 2 rings (SSSR count). The normalized spacial score (nSPS) is 16.0. The van der Waals surface area contributed by atoms with E-state index in [4.69, 9.17) is 15.6 Å². The maximum absolute atomic E-state index is 10.7. The molecule has 3 N–H and O–H groups in total. The number of aryl methyl sites for hydroxylation is 1. The highest BCUT2D eigenvalue weighted by Crippen LogP contribution is 2.40. The molecule has 0 bridgehead atoms. The molecular weight excluding hydrogens is 334 g/mol. The fourth-order valence-electron chi connectivity index (χ4n) is 2.95. The number of hydrogen-bond acceptors (Lipinski definition) is 3. The van der Waals surface area contributed by atoms with E-state index >= 15 is 0 Å². The summed E-state index contributed by atoms with van der Waals surface area (Å²) in [5.41, 5.74) is 9.74. The van der Waals surface area contributed by atoms with Crippen molar-refractivity contribution in [1.82, 2.24) is 0 Å². The van der Waals surface area contributed by atoms with E-state index in [-0.39, 0.29) is 12.5 Å². The van der Waals surface area contributed by atoms with E-state index in [0.29, 0.717) is 6.42 Å². The third kappa shape index (κ3) is 3.77. The highest BCUT2D eigenvalue weighted by Gasteiger charge is 2.22. The molecule has 0 fully saturated rings. The number of carbonyl (C=O) groups is 1. The van der Waals surface area contributed by atoms with Crippen molar-refractivity contribution in [2.75, 3.05) is 7.11 Å². The molecule has 1 unspecified atom stereocenters. The van der Waals surface area contributed by atoms with Crippen LogP contribution in [0.1, 0.15) is 54.8 Å². The second-order valence-corrected chi connectivity index (χ2v) is 6.34. The van der Waals surface area contributed by atoms with E-state index in [1.807, 2.05) is 0 Å². The highest BCUT2D eigenvalue weighted by atomic mass is 79.9. The van der Waals surface area contributed by atoms with E-state index in [1.165, 1.54) is 30.4 Å². The molecule has 1 aliphatic carbocycles. The molecule has 1 aliphatic rings. The largest absolute Gasteiger partial charge is 0.495 e. The number of aliphatic carboxylic acids is 1. The van der Waals surface area contributed by atoms with Gasteiger partial charge in [-0.05, 0) is 59.2 Å². The van der Waals surface area contributed by atoms with Crippen molar-refractivity contribution in [2.45, 2.75) is 51.0 Å². The maximum atomic E-state index is 10.7. The Balaban J connectivity index is 2.38. The van der Waals surface area contributed by atoms with Gasteiger partial charge in [0.1, 0.15) is 5.75 Å². The van der Waals surface area contributed by atoms with Gasteiger partial charge in [-0.1, -0.05) is 12.5 Å². The topological polar surface area (TPSA) is 72.5 Å². The Morgan fingerprint density at radius 3 is 2.81 bits per heavy atom. The summed E-state index contributed by atoms with van der Waals surface area (Å²) in [7, 11) is 1.64. The van der Waals surface area contributed by atoms with Crippen molar-refractivity contribution in [3.05, 3.63) is 27.2 Å². The molecule has 116 valence electrons. The summed E-state index contributed by atoms with van der Waals surface area (Å²) in [6, 6.07) is 1.80. The molecule has 21 heavy (non-hydrogen) atoms. The van der Waals surface area contributed by atoms with E-state index in [1.54, 1.807) is 7.11 Å². The van der Waals surface area contributed by atoms with Crippen molar-refractivity contribution < 1.29 is 14.6 Å².